The van der Waals surface area contributed by atoms with E-state index in [-0.39, 0.29) is 11.0 Å². The van der Waals surface area contributed by atoms with E-state index in [1.807, 2.05) is 20.8 Å². The van der Waals surface area contributed by atoms with E-state index < -0.39 is 17.7 Å². The van der Waals surface area contributed by atoms with E-state index in [4.69, 9.17) is 5.73 Å². The van der Waals surface area contributed by atoms with Crippen molar-refractivity contribution in [3.63, 3.8) is 0 Å². The molecule has 1 unspecified atom stereocenters. The van der Waals surface area contributed by atoms with Gasteiger partial charge in [0.25, 0.3) is 0 Å². The van der Waals surface area contributed by atoms with Gasteiger partial charge in [-0.15, -0.1) is 5.10 Å². The Kier molecular flexibility index (Phi) is 3.88. The summed E-state index contributed by atoms with van der Waals surface area (Å²) in [5, 5.41) is 4.06. The van der Waals surface area contributed by atoms with Gasteiger partial charge in [0, 0.05) is 11.0 Å². The summed E-state index contributed by atoms with van der Waals surface area (Å²) in [6.45, 7) is 7.47. The first kappa shape index (κ1) is 15.0. The highest BCUT2D eigenvalue weighted by Gasteiger charge is 2.29. The van der Waals surface area contributed by atoms with Crippen LogP contribution in [0.1, 0.15) is 48.5 Å². The van der Waals surface area contributed by atoms with E-state index in [0.717, 1.165) is 11.5 Å². The first-order chi connectivity index (χ1) is 9.23. The zero-order chi connectivity index (χ0) is 15.1. The van der Waals surface area contributed by atoms with Crippen LogP contribution in [0.4, 0.5) is 8.78 Å². The molecule has 0 saturated heterocycles. The maximum atomic E-state index is 14.2. The van der Waals surface area contributed by atoms with Crippen molar-refractivity contribution in [3.8, 4) is 0 Å². The van der Waals surface area contributed by atoms with Crippen LogP contribution in [-0.2, 0) is 5.41 Å². The summed E-state index contributed by atoms with van der Waals surface area (Å²) < 4.78 is 32.0. The predicted octanol–water partition coefficient (Wildman–Crippen LogP) is 3.47. The molecule has 0 aliphatic heterocycles. The van der Waals surface area contributed by atoms with Crippen molar-refractivity contribution in [2.45, 2.75) is 39.2 Å². The highest BCUT2D eigenvalue weighted by Crippen LogP contribution is 2.34. The Bertz CT molecular complexity index is 632. The lowest BCUT2D eigenvalue weighted by molar-refractivity contribution is 0.527. The average Bonchev–Trinajstić information content (AvgIpc) is 2.83. The molecule has 108 valence electrons. The third-order valence-electron chi connectivity index (χ3n) is 3.14. The second-order valence-corrected chi connectivity index (χ2v) is 6.59. The first-order valence-electron chi connectivity index (χ1n) is 6.26. The molecule has 2 rings (SSSR count). The molecular weight excluding hydrogens is 280 g/mol. The molecule has 1 atom stereocenters. The summed E-state index contributed by atoms with van der Waals surface area (Å²) in [6, 6.07) is 1.74. The third-order valence-corrected chi connectivity index (χ3v) is 3.94. The van der Waals surface area contributed by atoms with Gasteiger partial charge in [-0.2, -0.15) is 0 Å². The number of aryl methyl sites for hydroxylation is 1. The Labute approximate surface area is 121 Å². The van der Waals surface area contributed by atoms with Crippen LogP contribution in [0.5, 0.6) is 0 Å². The molecule has 0 saturated carbocycles. The van der Waals surface area contributed by atoms with Crippen LogP contribution in [0.25, 0.3) is 0 Å². The van der Waals surface area contributed by atoms with Crippen LogP contribution in [0.15, 0.2) is 12.1 Å². The van der Waals surface area contributed by atoms with Gasteiger partial charge >= 0.3 is 0 Å². The summed E-state index contributed by atoms with van der Waals surface area (Å²) in [5.74, 6) is -1.25. The van der Waals surface area contributed by atoms with Gasteiger partial charge in [0.05, 0.1) is 16.6 Å². The van der Waals surface area contributed by atoms with Crippen molar-refractivity contribution in [1.29, 1.82) is 0 Å². The Morgan fingerprint density at radius 2 is 1.90 bits per heavy atom. The van der Waals surface area contributed by atoms with Crippen LogP contribution in [0.3, 0.4) is 0 Å². The zero-order valence-electron chi connectivity index (χ0n) is 11.9. The van der Waals surface area contributed by atoms with E-state index in [0.29, 0.717) is 16.1 Å². The first-order valence-corrected chi connectivity index (χ1v) is 7.03. The van der Waals surface area contributed by atoms with Crippen molar-refractivity contribution in [1.82, 2.24) is 9.59 Å². The SMILES string of the molecule is Cc1ccc(F)c(C(N)c2snnc2C(C)(C)C)c1F. The normalized spacial score (nSPS) is 13.6. The Morgan fingerprint density at radius 3 is 2.50 bits per heavy atom. The number of benzene rings is 1. The van der Waals surface area contributed by atoms with Gasteiger partial charge in [-0.1, -0.05) is 31.3 Å². The van der Waals surface area contributed by atoms with E-state index >= 15 is 0 Å². The molecule has 0 aliphatic carbocycles. The molecule has 0 bridgehead atoms. The molecule has 20 heavy (non-hydrogen) atoms. The summed E-state index contributed by atoms with van der Waals surface area (Å²) in [7, 11) is 0. The number of rotatable bonds is 2. The van der Waals surface area contributed by atoms with E-state index in [1.165, 1.54) is 12.1 Å². The lowest BCUT2D eigenvalue weighted by Crippen LogP contribution is -2.21. The maximum absolute atomic E-state index is 14.2. The molecule has 0 amide bonds. The molecule has 0 aliphatic rings. The number of hydrogen-bond acceptors (Lipinski definition) is 4. The Balaban J connectivity index is 2.56. The molecule has 6 heteroatoms. The molecule has 3 nitrogen and oxygen atoms in total. The van der Waals surface area contributed by atoms with Crippen molar-refractivity contribution in [3.05, 3.63) is 45.5 Å². The van der Waals surface area contributed by atoms with E-state index in [9.17, 15) is 8.78 Å². The second-order valence-electron chi connectivity index (χ2n) is 5.81. The fourth-order valence-electron chi connectivity index (χ4n) is 2.02. The van der Waals surface area contributed by atoms with Gasteiger partial charge in [0.2, 0.25) is 0 Å². The standard InChI is InChI=1S/C14H17F2N3S/c1-7-5-6-8(15)9(10(7)16)11(17)12-13(14(2,3)4)18-19-20-12/h5-6,11H,17H2,1-4H3. The van der Waals surface area contributed by atoms with Gasteiger partial charge in [-0.3, -0.25) is 0 Å². The fourth-order valence-corrected chi connectivity index (χ4v) is 2.89. The molecule has 1 aromatic carbocycles. The summed E-state index contributed by atoms with van der Waals surface area (Å²) in [5.41, 5.74) is 6.72. The van der Waals surface area contributed by atoms with E-state index in [1.54, 1.807) is 6.92 Å². The minimum absolute atomic E-state index is 0.124. The minimum atomic E-state index is -0.899. The highest BCUT2D eigenvalue weighted by atomic mass is 32.1. The maximum Gasteiger partial charge on any atom is 0.134 e. The van der Waals surface area contributed by atoms with Crippen LogP contribution < -0.4 is 5.73 Å². The molecule has 0 spiro atoms. The van der Waals surface area contributed by atoms with Crippen molar-refractivity contribution in [2.75, 3.05) is 0 Å². The van der Waals surface area contributed by atoms with Gasteiger partial charge < -0.3 is 5.73 Å². The molecular formula is C14H17F2N3S. The molecule has 0 radical (unpaired) electrons. The smallest absolute Gasteiger partial charge is 0.134 e. The second kappa shape index (κ2) is 5.18. The van der Waals surface area contributed by atoms with E-state index in [2.05, 4.69) is 9.59 Å². The predicted molar refractivity (Wildman–Crippen MR) is 75.7 cm³/mol. The number of aromatic nitrogens is 2. The lowest BCUT2D eigenvalue weighted by Gasteiger charge is -2.20. The molecule has 1 aromatic heterocycles. The lowest BCUT2D eigenvalue weighted by atomic mass is 9.88. The van der Waals surface area contributed by atoms with Crippen molar-refractivity contribution >= 4 is 11.5 Å². The summed E-state index contributed by atoms with van der Waals surface area (Å²) >= 11 is 1.08. The number of halogens is 2. The topological polar surface area (TPSA) is 51.8 Å². The van der Waals surface area contributed by atoms with Gasteiger partial charge in [0.15, 0.2) is 0 Å². The number of nitrogens with two attached hydrogens (primary N) is 1. The van der Waals surface area contributed by atoms with Crippen LogP contribution in [0, 0.1) is 18.6 Å². The largest absolute Gasteiger partial charge is 0.319 e. The Hall–Kier alpha value is -1.40. The minimum Gasteiger partial charge on any atom is -0.319 e. The van der Waals surface area contributed by atoms with Crippen LogP contribution >= 0.6 is 11.5 Å². The molecule has 0 fully saturated rings. The Morgan fingerprint density at radius 1 is 1.25 bits per heavy atom. The average molecular weight is 297 g/mol. The van der Waals surface area contributed by atoms with Crippen molar-refractivity contribution in [2.24, 2.45) is 5.73 Å². The summed E-state index contributed by atoms with van der Waals surface area (Å²) in [6.07, 6.45) is 0. The molecule has 2 aromatic rings. The number of hydrogen-bond donors (Lipinski definition) is 1. The monoisotopic (exact) mass is 297 g/mol. The molecule has 2 N–H and O–H groups in total. The zero-order valence-corrected chi connectivity index (χ0v) is 12.7. The fraction of sp³-hybridized carbons (Fsp3) is 0.429. The summed E-state index contributed by atoms with van der Waals surface area (Å²) in [4.78, 5) is 0.598. The number of nitrogens with zero attached hydrogens (tertiary/aromatic N) is 2. The van der Waals surface area contributed by atoms with Gasteiger partial charge in [-0.05, 0) is 30.1 Å². The van der Waals surface area contributed by atoms with Crippen LogP contribution in [0.2, 0.25) is 0 Å². The highest BCUT2D eigenvalue weighted by molar-refractivity contribution is 7.05. The van der Waals surface area contributed by atoms with Crippen molar-refractivity contribution < 1.29 is 8.78 Å². The molecule has 1 heterocycles. The third kappa shape index (κ3) is 2.58. The quantitative estimate of drug-likeness (QED) is 0.923. The van der Waals surface area contributed by atoms with Gasteiger partial charge in [0.1, 0.15) is 11.6 Å². The van der Waals surface area contributed by atoms with Crippen LogP contribution in [-0.4, -0.2) is 9.59 Å². The van der Waals surface area contributed by atoms with Gasteiger partial charge in [-0.25, -0.2) is 8.78 Å².